The first-order valence-corrected chi connectivity index (χ1v) is 5.09. The van der Waals surface area contributed by atoms with Gasteiger partial charge < -0.3 is 5.11 Å². The van der Waals surface area contributed by atoms with Gasteiger partial charge in [0.15, 0.2) is 23.3 Å². The number of aliphatic hydroxyl groups excluding tert-OH is 1. The van der Waals surface area contributed by atoms with Gasteiger partial charge in [-0.25, -0.2) is 17.6 Å². The fourth-order valence-corrected chi connectivity index (χ4v) is 1.43. The van der Waals surface area contributed by atoms with E-state index in [-0.39, 0.29) is 0 Å². The van der Waals surface area contributed by atoms with E-state index in [0.29, 0.717) is 0 Å². The van der Waals surface area contributed by atoms with Crippen molar-refractivity contribution in [3.63, 3.8) is 0 Å². The lowest BCUT2D eigenvalue weighted by molar-refractivity contribution is 0.0545. The Morgan fingerprint density at radius 2 is 1.24 bits per heavy atom. The molecule has 17 heavy (non-hydrogen) atoms. The van der Waals surface area contributed by atoms with E-state index in [1.54, 1.807) is 0 Å². The average Bonchev–Trinajstić information content (AvgIpc) is 2.22. The summed E-state index contributed by atoms with van der Waals surface area (Å²) in [5.41, 5.74) is -2.63. The predicted molar refractivity (Wildman–Crippen MR) is 55.4 cm³/mol. The Bertz CT molecular complexity index is 420. The van der Waals surface area contributed by atoms with E-state index in [4.69, 9.17) is 0 Å². The summed E-state index contributed by atoms with van der Waals surface area (Å²) in [5.74, 6) is -6.02. The zero-order valence-corrected chi connectivity index (χ0v) is 10.0. The van der Waals surface area contributed by atoms with Crippen LogP contribution in [0.4, 0.5) is 17.6 Å². The van der Waals surface area contributed by atoms with Gasteiger partial charge in [-0.2, -0.15) is 0 Å². The number of rotatable bonds is 1. The van der Waals surface area contributed by atoms with Crippen molar-refractivity contribution in [3.05, 3.63) is 34.4 Å². The maximum Gasteiger partial charge on any atom is 0.168 e. The summed E-state index contributed by atoms with van der Waals surface area (Å²) in [6.07, 6.45) is -1.63. The zero-order chi connectivity index (χ0) is 13.5. The molecule has 0 heterocycles. The predicted octanol–water partition coefficient (Wildman–Crippen LogP) is 3.63. The molecule has 0 fully saturated rings. The molecule has 0 radical (unpaired) electrons. The SMILES string of the molecule is Cc1c(F)c(F)c(C(O)C(C)(C)C)c(F)c1F. The molecule has 0 aliphatic rings. The van der Waals surface area contributed by atoms with E-state index in [1.165, 1.54) is 20.8 Å². The minimum atomic E-state index is -1.63. The molecule has 0 aliphatic heterocycles. The van der Waals surface area contributed by atoms with E-state index < -0.39 is 45.9 Å². The van der Waals surface area contributed by atoms with Gasteiger partial charge in [-0.1, -0.05) is 20.8 Å². The second-order valence-corrected chi connectivity index (χ2v) is 5.06. The van der Waals surface area contributed by atoms with Crippen molar-refractivity contribution in [1.29, 1.82) is 0 Å². The lowest BCUT2D eigenvalue weighted by Crippen LogP contribution is -2.22. The van der Waals surface area contributed by atoms with E-state index in [1.807, 2.05) is 0 Å². The Kier molecular flexibility index (Phi) is 3.52. The fraction of sp³-hybridized carbons (Fsp3) is 0.500. The van der Waals surface area contributed by atoms with Crippen LogP contribution in [0.15, 0.2) is 0 Å². The molecule has 1 unspecified atom stereocenters. The summed E-state index contributed by atoms with van der Waals surface area (Å²) in [6.45, 7) is 5.45. The smallest absolute Gasteiger partial charge is 0.168 e. The number of hydrogen-bond donors (Lipinski definition) is 1. The largest absolute Gasteiger partial charge is 0.388 e. The lowest BCUT2D eigenvalue weighted by atomic mass is 9.84. The van der Waals surface area contributed by atoms with Crippen LogP contribution in [0.1, 0.15) is 38.0 Å². The van der Waals surface area contributed by atoms with Gasteiger partial charge in [-0.3, -0.25) is 0 Å². The normalized spacial score (nSPS) is 13.9. The number of hydrogen-bond acceptors (Lipinski definition) is 1. The van der Waals surface area contributed by atoms with Crippen LogP contribution in [0, 0.1) is 35.6 Å². The standard InChI is InChI=1S/C12H14F4O/c1-5-7(13)9(15)6(10(16)8(5)14)11(17)12(2,3)4/h11,17H,1-4H3. The van der Waals surface area contributed by atoms with Crippen LogP contribution < -0.4 is 0 Å². The van der Waals surface area contributed by atoms with Crippen molar-refractivity contribution in [1.82, 2.24) is 0 Å². The van der Waals surface area contributed by atoms with Crippen molar-refractivity contribution < 1.29 is 22.7 Å². The van der Waals surface area contributed by atoms with Gasteiger partial charge >= 0.3 is 0 Å². The molecule has 1 rings (SSSR count). The van der Waals surface area contributed by atoms with Crippen LogP contribution in [0.2, 0.25) is 0 Å². The van der Waals surface area contributed by atoms with Crippen LogP contribution in [0.25, 0.3) is 0 Å². The molecule has 0 aromatic heterocycles. The Balaban J connectivity index is 3.55. The third kappa shape index (κ3) is 2.29. The van der Waals surface area contributed by atoms with Gasteiger partial charge in [-0.15, -0.1) is 0 Å². The molecular weight excluding hydrogens is 236 g/mol. The summed E-state index contributed by atoms with van der Waals surface area (Å²) in [5, 5.41) is 9.75. The summed E-state index contributed by atoms with van der Waals surface area (Å²) in [4.78, 5) is 0. The summed E-state index contributed by atoms with van der Waals surface area (Å²) >= 11 is 0. The van der Waals surface area contributed by atoms with Gasteiger partial charge in [0.05, 0.1) is 11.7 Å². The van der Waals surface area contributed by atoms with Crippen LogP contribution in [0.3, 0.4) is 0 Å². The third-order valence-electron chi connectivity index (χ3n) is 2.61. The van der Waals surface area contributed by atoms with Crippen molar-refractivity contribution in [2.45, 2.75) is 33.8 Å². The first kappa shape index (κ1) is 14.0. The molecule has 1 N–H and O–H groups in total. The number of halogens is 4. The van der Waals surface area contributed by atoms with E-state index >= 15 is 0 Å². The van der Waals surface area contributed by atoms with E-state index in [2.05, 4.69) is 0 Å². The van der Waals surface area contributed by atoms with Crippen LogP contribution in [-0.2, 0) is 0 Å². The monoisotopic (exact) mass is 250 g/mol. The highest BCUT2D eigenvalue weighted by atomic mass is 19.2. The quantitative estimate of drug-likeness (QED) is 0.596. The van der Waals surface area contributed by atoms with Crippen molar-refractivity contribution in [2.24, 2.45) is 5.41 Å². The van der Waals surface area contributed by atoms with Gasteiger partial charge in [0.2, 0.25) is 0 Å². The van der Waals surface area contributed by atoms with Crippen molar-refractivity contribution in [2.75, 3.05) is 0 Å². The minimum absolute atomic E-state index is 0.732. The molecule has 0 saturated heterocycles. The summed E-state index contributed by atoms with van der Waals surface area (Å²) in [6, 6.07) is 0. The summed E-state index contributed by atoms with van der Waals surface area (Å²) in [7, 11) is 0. The van der Waals surface area contributed by atoms with Gasteiger partial charge in [0, 0.05) is 5.56 Å². The third-order valence-corrected chi connectivity index (χ3v) is 2.61. The molecule has 5 heteroatoms. The first-order chi connectivity index (χ1) is 7.59. The van der Waals surface area contributed by atoms with Crippen molar-refractivity contribution in [3.8, 4) is 0 Å². The molecule has 0 amide bonds. The molecule has 1 atom stereocenters. The first-order valence-electron chi connectivity index (χ1n) is 5.09. The summed E-state index contributed by atoms with van der Waals surface area (Å²) < 4.78 is 53.7. The Morgan fingerprint density at radius 3 is 1.53 bits per heavy atom. The maximum atomic E-state index is 13.5. The van der Waals surface area contributed by atoms with Crippen LogP contribution in [0.5, 0.6) is 0 Å². The van der Waals surface area contributed by atoms with Gasteiger partial charge in [-0.05, 0) is 12.3 Å². The molecular formula is C12H14F4O. The molecule has 96 valence electrons. The fourth-order valence-electron chi connectivity index (χ4n) is 1.43. The molecule has 1 aromatic rings. The molecule has 1 nitrogen and oxygen atoms in total. The molecule has 0 bridgehead atoms. The molecule has 1 aromatic carbocycles. The average molecular weight is 250 g/mol. The highest BCUT2D eigenvalue weighted by molar-refractivity contribution is 5.31. The van der Waals surface area contributed by atoms with Crippen LogP contribution in [-0.4, -0.2) is 5.11 Å². The second kappa shape index (κ2) is 4.29. The van der Waals surface area contributed by atoms with E-state index in [0.717, 1.165) is 6.92 Å². The van der Waals surface area contributed by atoms with Crippen LogP contribution >= 0.6 is 0 Å². The van der Waals surface area contributed by atoms with Crippen molar-refractivity contribution >= 4 is 0 Å². The van der Waals surface area contributed by atoms with Gasteiger partial charge in [0.1, 0.15) is 0 Å². The molecule has 0 saturated carbocycles. The van der Waals surface area contributed by atoms with Gasteiger partial charge in [0.25, 0.3) is 0 Å². The highest BCUT2D eigenvalue weighted by Gasteiger charge is 2.33. The van der Waals surface area contributed by atoms with E-state index in [9.17, 15) is 22.7 Å². The number of benzene rings is 1. The Hall–Kier alpha value is -1.10. The minimum Gasteiger partial charge on any atom is -0.388 e. The Morgan fingerprint density at radius 1 is 0.882 bits per heavy atom. The lowest BCUT2D eigenvalue weighted by Gasteiger charge is -2.27. The number of aliphatic hydroxyl groups is 1. The molecule has 0 spiro atoms. The second-order valence-electron chi connectivity index (χ2n) is 5.06. The molecule has 0 aliphatic carbocycles. The Labute approximate surface area is 97.1 Å². The zero-order valence-electron chi connectivity index (χ0n) is 10.0. The maximum absolute atomic E-state index is 13.5. The highest BCUT2D eigenvalue weighted by Crippen LogP contribution is 2.37. The topological polar surface area (TPSA) is 20.2 Å².